The Kier molecular flexibility index (Phi) is 7.02. The van der Waals surface area contributed by atoms with Crippen LogP contribution in [-0.2, 0) is 20.9 Å². The minimum Gasteiger partial charge on any atom is -0.480 e. The Balaban J connectivity index is 1.83. The Morgan fingerprint density at radius 3 is 2.58 bits per heavy atom. The van der Waals surface area contributed by atoms with Gasteiger partial charge in [0.25, 0.3) is 0 Å². The van der Waals surface area contributed by atoms with Crippen molar-refractivity contribution < 1.29 is 24.2 Å². The lowest BCUT2D eigenvalue weighted by Crippen LogP contribution is -2.46. The number of hydrogen-bond donors (Lipinski definition) is 1. The third-order valence-corrected chi connectivity index (χ3v) is 4.07. The maximum Gasteiger partial charge on any atom is 0.410 e. The summed E-state index contributed by atoms with van der Waals surface area (Å²) in [7, 11) is 1.46. The Labute approximate surface area is 141 Å². The molecule has 1 aliphatic heterocycles. The second-order valence-electron chi connectivity index (χ2n) is 5.75. The largest absolute Gasteiger partial charge is 0.480 e. The van der Waals surface area contributed by atoms with E-state index in [1.165, 1.54) is 7.05 Å². The first-order chi connectivity index (χ1) is 11.6. The van der Waals surface area contributed by atoms with E-state index < -0.39 is 18.1 Å². The molecule has 1 aromatic rings. The molecule has 1 amide bonds. The number of nitrogens with zero attached hydrogens (tertiary/aromatic N) is 2. The molecular weight excluding hydrogens is 312 g/mol. The number of carboxylic acids is 1. The van der Waals surface area contributed by atoms with Crippen LogP contribution >= 0.6 is 0 Å². The first kappa shape index (κ1) is 18.2. The van der Waals surface area contributed by atoms with Crippen LogP contribution in [0.4, 0.5) is 4.79 Å². The zero-order chi connectivity index (χ0) is 17.4. The van der Waals surface area contributed by atoms with Crippen LogP contribution in [0.1, 0.15) is 12.0 Å². The van der Waals surface area contributed by atoms with Crippen molar-refractivity contribution >= 4 is 12.1 Å². The molecule has 1 atom stereocenters. The van der Waals surface area contributed by atoms with Crippen LogP contribution in [-0.4, -0.2) is 72.9 Å². The van der Waals surface area contributed by atoms with E-state index in [0.717, 1.165) is 23.6 Å². The summed E-state index contributed by atoms with van der Waals surface area (Å²) in [6.45, 7) is 3.62. The van der Waals surface area contributed by atoms with Crippen LogP contribution in [0.3, 0.4) is 0 Å². The molecule has 1 aliphatic rings. The number of ether oxygens (including phenoxy) is 2. The molecule has 1 fully saturated rings. The van der Waals surface area contributed by atoms with E-state index in [4.69, 9.17) is 9.47 Å². The van der Waals surface area contributed by atoms with Crippen LogP contribution in [0.25, 0.3) is 0 Å². The van der Waals surface area contributed by atoms with Gasteiger partial charge in [0.1, 0.15) is 12.6 Å². The van der Waals surface area contributed by atoms with Gasteiger partial charge in [-0.05, 0) is 12.0 Å². The van der Waals surface area contributed by atoms with Crippen LogP contribution in [0, 0.1) is 0 Å². The summed E-state index contributed by atoms with van der Waals surface area (Å²) >= 11 is 0. The highest BCUT2D eigenvalue weighted by molar-refractivity contribution is 5.79. The van der Waals surface area contributed by atoms with E-state index in [9.17, 15) is 14.7 Å². The lowest BCUT2D eigenvalue weighted by molar-refractivity contribution is -0.142. The number of carbonyl (C=O) groups is 2. The Hall–Kier alpha value is -2.12. The summed E-state index contributed by atoms with van der Waals surface area (Å²) in [6.07, 6.45) is -0.278. The molecule has 1 saturated heterocycles. The molecule has 0 spiro atoms. The zero-order valence-corrected chi connectivity index (χ0v) is 13.9. The van der Waals surface area contributed by atoms with Crippen molar-refractivity contribution in [1.29, 1.82) is 0 Å². The maximum atomic E-state index is 12.1. The highest BCUT2D eigenvalue weighted by Crippen LogP contribution is 2.09. The van der Waals surface area contributed by atoms with E-state index in [0.29, 0.717) is 26.2 Å². The first-order valence-corrected chi connectivity index (χ1v) is 8.04. The number of carboxylic acid groups (broad SMARTS) is 1. The van der Waals surface area contributed by atoms with E-state index in [1.54, 1.807) is 0 Å². The minimum absolute atomic E-state index is 0.125. The Bertz CT molecular complexity index is 531. The number of likely N-dealkylation sites (N-methyl/N-ethyl adjacent to an activating group) is 1. The topological polar surface area (TPSA) is 79.3 Å². The van der Waals surface area contributed by atoms with Gasteiger partial charge in [-0.25, -0.2) is 9.59 Å². The molecule has 1 unspecified atom stereocenters. The number of carbonyl (C=O) groups excluding carboxylic acids is 1. The van der Waals surface area contributed by atoms with Crippen LogP contribution in [0.15, 0.2) is 30.3 Å². The second kappa shape index (κ2) is 9.24. The monoisotopic (exact) mass is 336 g/mol. The number of amides is 1. The minimum atomic E-state index is -1.03. The van der Waals surface area contributed by atoms with Crippen molar-refractivity contribution in [3.05, 3.63) is 35.9 Å². The van der Waals surface area contributed by atoms with Crippen molar-refractivity contribution in [2.45, 2.75) is 19.1 Å². The SMILES string of the molecule is CN(C(=O)OCc1ccccc1)C(CCN1CCOCC1)C(=O)O. The van der Waals surface area contributed by atoms with Gasteiger partial charge < -0.3 is 14.6 Å². The Morgan fingerprint density at radius 2 is 1.96 bits per heavy atom. The van der Waals surface area contributed by atoms with E-state index in [1.807, 2.05) is 30.3 Å². The predicted molar refractivity (Wildman–Crippen MR) is 87.7 cm³/mol. The quantitative estimate of drug-likeness (QED) is 0.811. The van der Waals surface area contributed by atoms with Gasteiger partial charge in [0.2, 0.25) is 0 Å². The van der Waals surface area contributed by atoms with E-state index in [-0.39, 0.29) is 6.61 Å². The first-order valence-electron chi connectivity index (χ1n) is 8.04. The van der Waals surface area contributed by atoms with Gasteiger partial charge in [0, 0.05) is 26.7 Å². The summed E-state index contributed by atoms with van der Waals surface area (Å²) in [5, 5.41) is 9.41. The van der Waals surface area contributed by atoms with Gasteiger partial charge in [-0.2, -0.15) is 0 Å². The van der Waals surface area contributed by atoms with E-state index >= 15 is 0 Å². The molecule has 0 radical (unpaired) electrons. The fourth-order valence-electron chi connectivity index (χ4n) is 2.56. The Morgan fingerprint density at radius 1 is 1.29 bits per heavy atom. The molecule has 0 bridgehead atoms. The smallest absolute Gasteiger partial charge is 0.410 e. The highest BCUT2D eigenvalue weighted by Gasteiger charge is 2.28. The van der Waals surface area contributed by atoms with Gasteiger partial charge in [0.05, 0.1) is 13.2 Å². The molecule has 1 heterocycles. The molecular formula is C17H24N2O5. The fraction of sp³-hybridized carbons (Fsp3) is 0.529. The number of hydrogen-bond acceptors (Lipinski definition) is 5. The normalized spacial score (nSPS) is 16.4. The molecule has 7 nitrogen and oxygen atoms in total. The number of rotatable bonds is 7. The molecule has 132 valence electrons. The summed E-state index contributed by atoms with van der Waals surface area (Å²) in [5.74, 6) is -1.03. The van der Waals surface area contributed by atoms with Gasteiger partial charge in [0.15, 0.2) is 0 Å². The van der Waals surface area contributed by atoms with Crippen molar-refractivity contribution in [1.82, 2.24) is 9.80 Å². The van der Waals surface area contributed by atoms with Crippen LogP contribution in [0.2, 0.25) is 0 Å². The summed E-state index contributed by atoms with van der Waals surface area (Å²) in [4.78, 5) is 26.9. The second-order valence-corrected chi connectivity index (χ2v) is 5.75. The van der Waals surface area contributed by atoms with Crippen molar-refractivity contribution in [2.24, 2.45) is 0 Å². The van der Waals surface area contributed by atoms with Gasteiger partial charge in [-0.3, -0.25) is 9.80 Å². The maximum absolute atomic E-state index is 12.1. The predicted octanol–water partition coefficient (Wildman–Crippen LogP) is 1.43. The van der Waals surface area contributed by atoms with Gasteiger partial charge in [-0.15, -0.1) is 0 Å². The molecule has 0 saturated carbocycles. The molecule has 24 heavy (non-hydrogen) atoms. The summed E-state index contributed by atoms with van der Waals surface area (Å²) in [6, 6.07) is 8.38. The van der Waals surface area contributed by atoms with Crippen molar-refractivity contribution in [2.75, 3.05) is 39.9 Å². The van der Waals surface area contributed by atoms with E-state index in [2.05, 4.69) is 4.90 Å². The average Bonchev–Trinajstić information content (AvgIpc) is 2.61. The lowest BCUT2D eigenvalue weighted by atomic mass is 10.1. The molecule has 1 aromatic carbocycles. The number of aliphatic carboxylic acids is 1. The zero-order valence-electron chi connectivity index (χ0n) is 13.9. The molecule has 0 aliphatic carbocycles. The van der Waals surface area contributed by atoms with Crippen LogP contribution in [0.5, 0.6) is 0 Å². The fourth-order valence-corrected chi connectivity index (χ4v) is 2.56. The third-order valence-electron chi connectivity index (χ3n) is 4.07. The summed E-state index contributed by atoms with van der Waals surface area (Å²) in [5.41, 5.74) is 0.861. The number of morpholine rings is 1. The summed E-state index contributed by atoms with van der Waals surface area (Å²) < 4.78 is 10.5. The van der Waals surface area contributed by atoms with Crippen LogP contribution < -0.4 is 0 Å². The van der Waals surface area contributed by atoms with Crippen molar-refractivity contribution in [3.8, 4) is 0 Å². The van der Waals surface area contributed by atoms with Gasteiger partial charge in [-0.1, -0.05) is 30.3 Å². The standard InChI is InChI=1S/C17H24N2O5/c1-18(17(22)24-13-14-5-3-2-4-6-14)15(16(20)21)7-8-19-9-11-23-12-10-19/h2-6,15H,7-13H2,1H3,(H,20,21). The van der Waals surface area contributed by atoms with Crippen molar-refractivity contribution in [3.63, 3.8) is 0 Å². The number of benzene rings is 1. The molecule has 2 rings (SSSR count). The highest BCUT2D eigenvalue weighted by atomic mass is 16.6. The molecule has 7 heteroatoms. The molecule has 1 N–H and O–H groups in total. The average molecular weight is 336 g/mol. The third kappa shape index (κ3) is 5.50. The van der Waals surface area contributed by atoms with Gasteiger partial charge >= 0.3 is 12.1 Å². The lowest BCUT2D eigenvalue weighted by Gasteiger charge is -2.30. The molecule has 0 aromatic heterocycles.